The Hall–Kier alpha value is -0.530. The van der Waals surface area contributed by atoms with Crippen LogP contribution in [-0.2, 0) is 9.53 Å². The average Bonchev–Trinajstić information content (AvgIpc) is 2.51. The van der Waals surface area contributed by atoms with E-state index in [0.717, 1.165) is 18.3 Å². The third-order valence-electron chi connectivity index (χ3n) is 3.64. The monoisotopic (exact) mass is 152 g/mol. The average molecular weight is 152 g/mol. The predicted molar refractivity (Wildman–Crippen MR) is 38.7 cm³/mol. The van der Waals surface area contributed by atoms with Gasteiger partial charge < -0.3 is 4.74 Å². The first-order chi connectivity index (χ1) is 5.27. The number of rotatable bonds is 0. The fourth-order valence-electron chi connectivity index (χ4n) is 3.07. The van der Waals surface area contributed by atoms with Gasteiger partial charge in [-0.2, -0.15) is 0 Å². The van der Waals surface area contributed by atoms with Crippen molar-refractivity contribution in [1.82, 2.24) is 0 Å². The van der Waals surface area contributed by atoms with E-state index in [1.165, 1.54) is 6.42 Å². The fourth-order valence-corrected chi connectivity index (χ4v) is 3.07. The van der Waals surface area contributed by atoms with E-state index in [4.69, 9.17) is 4.74 Å². The summed E-state index contributed by atoms with van der Waals surface area (Å²) in [7, 11) is 0. The van der Waals surface area contributed by atoms with Crippen molar-refractivity contribution in [3.8, 4) is 0 Å². The van der Waals surface area contributed by atoms with Crippen LogP contribution in [0.2, 0.25) is 0 Å². The molecule has 1 aliphatic heterocycles. The third-order valence-corrected chi connectivity index (χ3v) is 3.64. The van der Waals surface area contributed by atoms with Gasteiger partial charge in [-0.15, -0.1) is 0 Å². The van der Waals surface area contributed by atoms with Crippen LogP contribution in [0.15, 0.2) is 0 Å². The molecule has 0 radical (unpaired) electrons. The van der Waals surface area contributed by atoms with E-state index in [0.29, 0.717) is 5.92 Å². The molecule has 0 N–H and O–H groups in total. The maximum absolute atomic E-state index is 11.2. The lowest BCUT2D eigenvalue weighted by molar-refractivity contribution is -0.144. The lowest BCUT2D eigenvalue weighted by Crippen LogP contribution is -2.16. The van der Waals surface area contributed by atoms with Crippen molar-refractivity contribution in [1.29, 1.82) is 0 Å². The quantitative estimate of drug-likeness (QED) is 0.487. The molecule has 5 unspecified atom stereocenters. The van der Waals surface area contributed by atoms with Crippen LogP contribution in [0.25, 0.3) is 0 Å². The highest BCUT2D eigenvalue weighted by atomic mass is 16.6. The molecular weight excluding hydrogens is 140 g/mol. The number of hydrogen-bond donors (Lipinski definition) is 0. The highest BCUT2D eigenvalue weighted by Gasteiger charge is 2.61. The summed E-state index contributed by atoms with van der Waals surface area (Å²) in [5.41, 5.74) is 0. The van der Waals surface area contributed by atoms with E-state index in [1.54, 1.807) is 0 Å². The summed E-state index contributed by atoms with van der Waals surface area (Å²) in [4.78, 5) is 11.2. The summed E-state index contributed by atoms with van der Waals surface area (Å²) < 4.78 is 5.19. The Morgan fingerprint density at radius 3 is 3.00 bits per heavy atom. The zero-order valence-corrected chi connectivity index (χ0v) is 6.62. The smallest absolute Gasteiger partial charge is 0.309 e. The van der Waals surface area contributed by atoms with E-state index in [1.807, 2.05) is 6.92 Å². The largest absolute Gasteiger partial charge is 0.462 e. The second-order valence-electron chi connectivity index (χ2n) is 4.22. The van der Waals surface area contributed by atoms with Gasteiger partial charge in [-0.3, -0.25) is 4.79 Å². The zero-order valence-electron chi connectivity index (χ0n) is 6.62. The summed E-state index contributed by atoms with van der Waals surface area (Å²) in [6, 6.07) is 0. The van der Waals surface area contributed by atoms with Crippen LogP contribution in [0.1, 0.15) is 19.8 Å². The number of ether oxygens (including phenoxy) is 1. The maximum Gasteiger partial charge on any atom is 0.309 e. The lowest BCUT2D eigenvalue weighted by atomic mass is 9.90. The summed E-state index contributed by atoms with van der Waals surface area (Å²) >= 11 is 0. The lowest BCUT2D eigenvalue weighted by Gasteiger charge is -2.11. The van der Waals surface area contributed by atoms with Crippen LogP contribution in [0, 0.1) is 23.7 Å². The summed E-state index contributed by atoms with van der Waals surface area (Å²) in [6.45, 7) is 2.04. The molecule has 11 heavy (non-hydrogen) atoms. The molecule has 0 bridgehead atoms. The standard InChI is InChI=1S/C9H12O2/c1-4-8-6-2-5(6)3-7(8)9(10)11-4/h4-8H,2-3H2,1H3. The van der Waals surface area contributed by atoms with Crippen LogP contribution in [0.3, 0.4) is 0 Å². The molecule has 0 aromatic carbocycles. The molecule has 0 spiro atoms. The molecule has 60 valence electrons. The van der Waals surface area contributed by atoms with Gasteiger partial charge in [0.1, 0.15) is 6.10 Å². The molecule has 3 rings (SSSR count). The number of carbonyl (C=O) groups excluding carboxylic acids is 1. The second kappa shape index (κ2) is 1.62. The van der Waals surface area contributed by atoms with Crippen LogP contribution in [-0.4, -0.2) is 12.1 Å². The molecule has 2 saturated carbocycles. The van der Waals surface area contributed by atoms with Gasteiger partial charge in [0.25, 0.3) is 0 Å². The molecule has 2 aliphatic carbocycles. The van der Waals surface area contributed by atoms with Crippen molar-refractivity contribution < 1.29 is 9.53 Å². The van der Waals surface area contributed by atoms with Crippen molar-refractivity contribution in [3.63, 3.8) is 0 Å². The number of carbonyl (C=O) groups is 1. The van der Waals surface area contributed by atoms with Crippen molar-refractivity contribution in [2.45, 2.75) is 25.9 Å². The Kier molecular flexibility index (Phi) is 0.890. The SMILES string of the molecule is CC1OC(=O)C2CC3CC3C12. The van der Waals surface area contributed by atoms with E-state index in [9.17, 15) is 4.79 Å². The number of cyclic esters (lactones) is 1. The van der Waals surface area contributed by atoms with Crippen molar-refractivity contribution in [2.75, 3.05) is 0 Å². The van der Waals surface area contributed by atoms with Crippen LogP contribution in [0.5, 0.6) is 0 Å². The minimum absolute atomic E-state index is 0.0784. The number of fused-ring (bicyclic) bond motifs is 3. The molecule has 0 amide bonds. The molecule has 5 atom stereocenters. The van der Waals surface area contributed by atoms with Gasteiger partial charge in [-0.25, -0.2) is 0 Å². The van der Waals surface area contributed by atoms with Gasteiger partial charge in [-0.05, 0) is 31.6 Å². The normalized spacial score (nSPS) is 58.6. The van der Waals surface area contributed by atoms with Crippen LogP contribution in [0.4, 0.5) is 0 Å². The first kappa shape index (κ1) is 6.04. The molecule has 3 fully saturated rings. The maximum atomic E-state index is 11.2. The highest BCUT2D eigenvalue weighted by Crippen LogP contribution is 2.61. The van der Waals surface area contributed by atoms with E-state index in [2.05, 4.69) is 0 Å². The van der Waals surface area contributed by atoms with Crippen molar-refractivity contribution in [2.24, 2.45) is 23.7 Å². The Balaban J connectivity index is 1.94. The molecule has 0 aromatic rings. The Morgan fingerprint density at radius 2 is 2.27 bits per heavy atom. The number of esters is 1. The Labute approximate surface area is 65.9 Å². The first-order valence-corrected chi connectivity index (χ1v) is 4.48. The predicted octanol–water partition coefficient (Wildman–Crippen LogP) is 1.20. The summed E-state index contributed by atoms with van der Waals surface area (Å²) in [5, 5.41) is 0. The first-order valence-electron chi connectivity index (χ1n) is 4.48. The minimum Gasteiger partial charge on any atom is -0.462 e. The van der Waals surface area contributed by atoms with E-state index < -0.39 is 0 Å². The Bertz CT molecular complexity index is 224. The molecule has 1 heterocycles. The second-order valence-corrected chi connectivity index (χ2v) is 4.22. The van der Waals surface area contributed by atoms with E-state index in [-0.39, 0.29) is 18.0 Å². The molecule has 1 saturated heterocycles. The van der Waals surface area contributed by atoms with Crippen molar-refractivity contribution in [3.05, 3.63) is 0 Å². The van der Waals surface area contributed by atoms with Gasteiger partial charge in [0.2, 0.25) is 0 Å². The fraction of sp³-hybridized carbons (Fsp3) is 0.889. The summed E-state index contributed by atoms with van der Waals surface area (Å²) in [6.07, 6.45) is 2.70. The zero-order chi connectivity index (χ0) is 7.59. The Morgan fingerprint density at radius 1 is 1.45 bits per heavy atom. The van der Waals surface area contributed by atoms with Crippen molar-refractivity contribution >= 4 is 5.97 Å². The molecule has 3 aliphatic rings. The van der Waals surface area contributed by atoms with Gasteiger partial charge >= 0.3 is 5.97 Å². The van der Waals surface area contributed by atoms with Gasteiger partial charge in [0.05, 0.1) is 5.92 Å². The topological polar surface area (TPSA) is 26.3 Å². The van der Waals surface area contributed by atoms with Gasteiger partial charge in [-0.1, -0.05) is 0 Å². The minimum atomic E-state index is 0.0784. The number of hydrogen-bond acceptors (Lipinski definition) is 2. The third kappa shape index (κ3) is 0.608. The van der Waals surface area contributed by atoms with Crippen LogP contribution < -0.4 is 0 Å². The van der Waals surface area contributed by atoms with Gasteiger partial charge in [0, 0.05) is 5.92 Å². The molecular formula is C9H12O2. The van der Waals surface area contributed by atoms with Gasteiger partial charge in [0.15, 0.2) is 0 Å². The molecule has 2 nitrogen and oxygen atoms in total. The molecule has 0 aromatic heterocycles. The van der Waals surface area contributed by atoms with Crippen LogP contribution >= 0.6 is 0 Å². The highest BCUT2D eigenvalue weighted by molar-refractivity contribution is 5.76. The summed E-state index contributed by atoms with van der Waals surface area (Å²) in [5.74, 6) is 2.69. The molecule has 2 heteroatoms. The van der Waals surface area contributed by atoms with E-state index >= 15 is 0 Å².